The van der Waals surface area contributed by atoms with Crippen molar-refractivity contribution in [2.45, 2.75) is 20.3 Å². The molecule has 0 atom stereocenters. The Morgan fingerprint density at radius 2 is 1.25 bits per heavy atom. The summed E-state index contributed by atoms with van der Waals surface area (Å²) in [5.74, 6) is 0.681. The van der Waals surface area contributed by atoms with Crippen molar-refractivity contribution in [2.24, 2.45) is 0 Å². The molecule has 4 heteroatoms. The van der Waals surface area contributed by atoms with Gasteiger partial charge in [0.25, 0.3) is 0 Å². The average Bonchev–Trinajstić information content (AvgIpc) is 1.91. The second-order valence-corrected chi connectivity index (χ2v) is 1.55. The second kappa shape index (κ2) is 58.7. The van der Waals surface area contributed by atoms with Gasteiger partial charge in [0.2, 0.25) is 0 Å². The Balaban J connectivity index is -0.0000000191. The summed E-state index contributed by atoms with van der Waals surface area (Å²) in [6.45, 7) is 7.33. The molecule has 12 heavy (non-hydrogen) atoms. The summed E-state index contributed by atoms with van der Waals surface area (Å²) in [7, 11) is 0. The van der Waals surface area contributed by atoms with E-state index >= 15 is 0 Å². The molecule has 0 bridgehead atoms. The Bertz CT molecular complexity index is 29.0. The van der Waals surface area contributed by atoms with Crippen LogP contribution in [0.2, 0.25) is 0 Å². The predicted molar refractivity (Wildman–Crippen MR) is 52.6 cm³/mol. The molecule has 0 unspecified atom stereocenters. The van der Waals surface area contributed by atoms with Gasteiger partial charge in [-0.3, -0.25) is 0 Å². The molecule has 0 rings (SSSR count). The Morgan fingerprint density at radius 3 is 1.25 bits per heavy atom. The zero-order valence-electron chi connectivity index (χ0n) is 8.31. The molecule has 0 heterocycles. The molecular formula is C8H21ClO2Ti. The maximum atomic E-state index is 7.57. The third-order valence-corrected chi connectivity index (χ3v) is 0.401. The predicted octanol–water partition coefficient (Wildman–Crippen LogP) is 1.89. The molecule has 2 N–H and O–H groups in total. The Morgan fingerprint density at radius 1 is 1.17 bits per heavy atom. The molecule has 0 fully saturated rings. The monoisotopic (exact) mass is 232 g/mol. The zero-order valence-corrected chi connectivity index (χ0v) is 10.6. The maximum absolute atomic E-state index is 7.57. The topological polar surface area (TPSA) is 40.5 Å². The zero-order chi connectivity index (χ0) is 8.83. The fraction of sp³-hybridized carbons (Fsp3) is 0.750. The summed E-state index contributed by atoms with van der Waals surface area (Å²) in [4.78, 5) is 0. The summed E-state index contributed by atoms with van der Waals surface area (Å²) in [5.41, 5.74) is 0. The first-order valence-electron chi connectivity index (χ1n) is 3.31. The Kier molecular flexibility index (Phi) is 143. The molecule has 0 radical (unpaired) electrons. The van der Waals surface area contributed by atoms with Crippen LogP contribution in [0, 0.1) is 14.4 Å². The van der Waals surface area contributed by atoms with Crippen molar-refractivity contribution in [1.29, 1.82) is 0 Å². The van der Waals surface area contributed by atoms with E-state index in [-0.39, 0.29) is 42.4 Å². The van der Waals surface area contributed by atoms with E-state index in [0.717, 1.165) is 6.42 Å². The fourth-order valence-corrected chi connectivity index (χ4v) is 0. The van der Waals surface area contributed by atoms with E-state index in [0.29, 0.717) is 5.88 Å². The van der Waals surface area contributed by atoms with E-state index in [9.17, 15) is 0 Å². The van der Waals surface area contributed by atoms with Gasteiger partial charge < -0.3 is 24.6 Å². The van der Waals surface area contributed by atoms with Crippen molar-refractivity contribution < 1.29 is 31.9 Å². The minimum atomic E-state index is 0. The summed E-state index contributed by atoms with van der Waals surface area (Å²) in [5, 5.41) is 15.1. The van der Waals surface area contributed by atoms with E-state index < -0.39 is 0 Å². The van der Waals surface area contributed by atoms with Crippen LogP contribution in [0.15, 0.2) is 0 Å². The number of hydrogen-bond donors (Lipinski definition) is 2. The van der Waals surface area contributed by atoms with Crippen LogP contribution in [-0.2, 0) is 21.7 Å². The number of aliphatic hydroxyl groups excluding tert-OH is 2. The number of rotatable bonds is 1. The molecule has 0 aliphatic rings. The first-order valence-corrected chi connectivity index (χ1v) is 3.85. The second-order valence-electron chi connectivity index (χ2n) is 1.17. The van der Waals surface area contributed by atoms with Crippen LogP contribution in [-0.4, -0.2) is 29.3 Å². The minimum absolute atomic E-state index is 0. The normalized spacial score (nSPS) is 5.50. The number of halogens is 1. The first-order chi connectivity index (χ1) is 4.74. The van der Waals surface area contributed by atoms with Crippen molar-refractivity contribution >= 4 is 11.6 Å². The van der Waals surface area contributed by atoms with E-state index in [4.69, 9.17) is 21.8 Å². The molecular weight excluding hydrogens is 211 g/mol. The molecule has 0 aromatic heterocycles. The van der Waals surface area contributed by atoms with Crippen molar-refractivity contribution in [3.63, 3.8) is 0 Å². The third kappa shape index (κ3) is 291. The van der Waals surface area contributed by atoms with Gasteiger partial charge in [-0.05, 0) is 19.7 Å². The largest absolute Gasteiger partial charge is 2.00 e. The standard InChI is InChI=1S/C3H6Cl.2C2H6O.CH3.Ti/c1-2-3-4;2*1-2-3;;/h1-3H2;2*3H,2H2,1H3;1H3;/q-1;;;-1;+2. The van der Waals surface area contributed by atoms with Gasteiger partial charge in [-0.2, -0.15) is 6.42 Å². The fourth-order valence-electron chi connectivity index (χ4n) is 0. The van der Waals surface area contributed by atoms with Crippen LogP contribution < -0.4 is 0 Å². The molecule has 2 nitrogen and oxygen atoms in total. The van der Waals surface area contributed by atoms with Crippen molar-refractivity contribution in [1.82, 2.24) is 0 Å². The van der Waals surface area contributed by atoms with Crippen LogP contribution in [0.25, 0.3) is 0 Å². The van der Waals surface area contributed by atoms with E-state index in [1.165, 1.54) is 0 Å². The van der Waals surface area contributed by atoms with E-state index in [1.54, 1.807) is 13.8 Å². The van der Waals surface area contributed by atoms with Gasteiger partial charge in [-0.25, -0.2) is 0 Å². The molecule has 0 aromatic rings. The van der Waals surface area contributed by atoms with Crippen molar-refractivity contribution in [2.75, 3.05) is 19.1 Å². The summed E-state index contributed by atoms with van der Waals surface area (Å²) in [6, 6.07) is 0. The van der Waals surface area contributed by atoms with Crippen molar-refractivity contribution in [3.8, 4) is 0 Å². The molecule has 0 aliphatic carbocycles. The quantitative estimate of drug-likeness (QED) is 0.412. The third-order valence-electron chi connectivity index (χ3n) is 0.134. The van der Waals surface area contributed by atoms with Gasteiger partial charge in [0.05, 0.1) is 0 Å². The van der Waals surface area contributed by atoms with Crippen LogP contribution in [0.4, 0.5) is 0 Å². The summed E-state index contributed by atoms with van der Waals surface area (Å²) in [6.07, 6.45) is 0.835. The number of hydrogen-bond acceptors (Lipinski definition) is 2. The average molecular weight is 233 g/mol. The molecule has 0 aliphatic heterocycles. The van der Waals surface area contributed by atoms with E-state index in [1.807, 2.05) is 0 Å². The summed E-state index contributed by atoms with van der Waals surface area (Å²) >= 11 is 5.12. The van der Waals surface area contributed by atoms with Crippen LogP contribution in [0.5, 0.6) is 0 Å². The Hall–Kier alpha value is 0.924. The molecule has 0 aromatic carbocycles. The maximum Gasteiger partial charge on any atom is 2.00 e. The molecule has 76 valence electrons. The van der Waals surface area contributed by atoms with Gasteiger partial charge in [0, 0.05) is 13.2 Å². The molecule has 0 saturated carbocycles. The van der Waals surface area contributed by atoms with Gasteiger partial charge in [0.1, 0.15) is 0 Å². The van der Waals surface area contributed by atoms with Crippen LogP contribution >= 0.6 is 11.6 Å². The number of alkyl halides is 1. The SMILES string of the molecule is CCO.CCO.[CH2-]CCCl.[CH3-].[Ti+2]. The first kappa shape index (κ1) is 29.3. The Labute approximate surface area is 97.2 Å². The van der Waals surface area contributed by atoms with Gasteiger partial charge in [-0.15, -0.1) is 11.6 Å². The summed E-state index contributed by atoms with van der Waals surface area (Å²) < 4.78 is 0. The molecule has 0 spiro atoms. The molecule has 0 amide bonds. The van der Waals surface area contributed by atoms with Gasteiger partial charge in [0.15, 0.2) is 0 Å². The molecule has 0 saturated heterocycles. The van der Waals surface area contributed by atoms with Crippen LogP contribution in [0.1, 0.15) is 20.3 Å². The van der Waals surface area contributed by atoms with Gasteiger partial charge in [-0.1, -0.05) is 0 Å². The van der Waals surface area contributed by atoms with Gasteiger partial charge >= 0.3 is 21.7 Å². The minimum Gasteiger partial charge on any atom is -0.397 e. The van der Waals surface area contributed by atoms with E-state index in [2.05, 4.69) is 6.92 Å². The smallest absolute Gasteiger partial charge is 0.397 e. The van der Waals surface area contributed by atoms with Crippen molar-refractivity contribution in [3.05, 3.63) is 14.4 Å². The van der Waals surface area contributed by atoms with Crippen LogP contribution in [0.3, 0.4) is 0 Å². The number of aliphatic hydroxyl groups is 2.